The van der Waals surface area contributed by atoms with Gasteiger partial charge in [-0.15, -0.1) is 0 Å². The molecule has 0 aliphatic heterocycles. The number of ether oxygens (including phenoxy) is 1. The second kappa shape index (κ2) is 22.8. The van der Waals surface area contributed by atoms with E-state index >= 15 is 0 Å². The minimum absolute atomic E-state index is 0.0941. The van der Waals surface area contributed by atoms with Crippen molar-refractivity contribution < 1.29 is 59.4 Å². The maximum Gasteiger partial charge on any atom is 0.308 e. The number of aliphatic hydroxyl groups is 2. The Labute approximate surface area is 325 Å². The maximum absolute atomic E-state index is 14.3. The molecule has 16 heteroatoms. The van der Waals surface area contributed by atoms with Crippen LogP contribution in [-0.4, -0.2) is 89.3 Å². The number of carbonyl (C=O) groups excluding carboxylic acids is 2. The topological polar surface area (TPSA) is 207 Å². The van der Waals surface area contributed by atoms with Crippen LogP contribution in [0.3, 0.4) is 0 Å². The quantitative estimate of drug-likeness (QED) is 0.0300. The van der Waals surface area contributed by atoms with E-state index in [1.807, 2.05) is 49.6 Å². The van der Waals surface area contributed by atoms with Crippen LogP contribution in [0.1, 0.15) is 87.3 Å². The molecule has 0 aliphatic carbocycles. The molecule has 0 aliphatic rings. The lowest BCUT2D eigenvalue weighted by Gasteiger charge is -2.24. The molecule has 4 atom stereocenters. The molecular weight excluding hydrogens is 731 g/mol. The molecule has 15 nitrogen and oxygen atoms in total. The zero-order chi connectivity index (χ0) is 41.4. The molecule has 0 saturated heterocycles. The van der Waals surface area contributed by atoms with E-state index in [0.29, 0.717) is 33.8 Å². The molecule has 56 heavy (non-hydrogen) atoms. The van der Waals surface area contributed by atoms with Crippen molar-refractivity contribution in [2.75, 3.05) is 11.9 Å². The number of halogens is 1. The number of aromatic nitrogens is 1. The number of aliphatic hydroxyl groups excluding tert-OH is 2. The van der Waals surface area contributed by atoms with Gasteiger partial charge in [0.2, 0.25) is 0 Å². The van der Waals surface area contributed by atoms with Crippen LogP contribution < -0.4 is 5.32 Å². The van der Waals surface area contributed by atoms with Gasteiger partial charge in [0.1, 0.15) is 18.5 Å². The van der Waals surface area contributed by atoms with Gasteiger partial charge in [0, 0.05) is 29.9 Å². The predicted molar refractivity (Wildman–Crippen MR) is 204 cm³/mol. The smallest absolute Gasteiger partial charge is 0.308 e. The van der Waals surface area contributed by atoms with E-state index in [0.717, 1.165) is 5.57 Å². The number of allylic oxidation sites excluding steroid dienone is 5. The fourth-order valence-corrected chi connectivity index (χ4v) is 6.28. The van der Waals surface area contributed by atoms with Gasteiger partial charge in [0.05, 0.1) is 46.8 Å². The van der Waals surface area contributed by atoms with Crippen molar-refractivity contribution in [3.05, 3.63) is 108 Å². The van der Waals surface area contributed by atoms with Gasteiger partial charge in [0.15, 0.2) is 0 Å². The largest absolute Gasteiger partial charge is 0.463 e. The van der Waals surface area contributed by atoms with Crippen molar-refractivity contribution in [1.29, 1.82) is 0 Å². The third-order valence-electron chi connectivity index (χ3n) is 8.75. The first-order chi connectivity index (χ1) is 26.6. The summed E-state index contributed by atoms with van der Waals surface area (Å²) in [6.45, 7) is 10.8. The number of benzene rings is 2. The molecule has 0 fully saturated rings. The SMILES string of the molecule is C=C/C=C\C=C(/C)c1c(C(=O)Nc2ccccc2)c(C(C)C)n(CCC(O)CC(O)CC(=O)OCC(CC(CC)ON(O)O)ON(O)O)c1-c1ccc(F)cc1. The van der Waals surface area contributed by atoms with Gasteiger partial charge < -0.3 is 24.8 Å². The molecule has 0 bridgehead atoms. The Morgan fingerprint density at radius 3 is 2.14 bits per heavy atom. The van der Waals surface area contributed by atoms with E-state index in [1.165, 1.54) is 12.1 Å². The molecule has 306 valence electrons. The average molecular weight is 785 g/mol. The third-order valence-corrected chi connectivity index (χ3v) is 8.75. The highest BCUT2D eigenvalue weighted by atomic mass is 19.1. The predicted octanol–water partition coefficient (Wildman–Crippen LogP) is 6.81. The van der Waals surface area contributed by atoms with Crippen LogP contribution in [0.15, 0.2) is 85.5 Å². The molecule has 1 aromatic heterocycles. The second-order valence-electron chi connectivity index (χ2n) is 13.4. The molecule has 0 saturated carbocycles. The molecule has 3 aromatic rings. The van der Waals surface area contributed by atoms with E-state index in [2.05, 4.69) is 11.9 Å². The van der Waals surface area contributed by atoms with E-state index < -0.39 is 60.0 Å². The summed E-state index contributed by atoms with van der Waals surface area (Å²) in [4.78, 5) is 36.4. The lowest BCUT2D eigenvalue weighted by atomic mass is 9.94. The highest BCUT2D eigenvalue weighted by Crippen LogP contribution is 2.40. The average Bonchev–Trinajstić information content (AvgIpc) is 3.48. The zero-order valence-electron chi connectivity index (χ0n) is 32.0. The van der Waals surface area contributed by atoms with Crippen LogP contribution >= 0.6 is 0 Å². The van der Waals surface area contributed by atoms with Crippen molar-refractivity contribution in [2.45, 2.75) is 96.7 Å². The number of esters is 1. The van der Waals surface area contributed by atoms with Crippen LogP contribution in [0.25, 0.3) is 16.8 Å². The Hall–Kier alpha value is -4.59. The number of anilines is 1. The summed E-state index contributed by atoms with van der Waals surface area (Å²) in [5.74, 6) is -1.87. The third kappa shape index (κ3) is 14.2. The summed E-state index contributed by atoms with van der Waals surface area (Å²) in [6, 6.07) is 14.9. The molecule has 1 amide bonds. The molecular formula is C40H53FN4O11. The fourth-order valence-electron chi connectivity index (χ4n) is 6.28. The fraction of sp³-hybridized carbons (Fsp3) is 0.400. The van der Waals surface area contributed by atoms with Crippen molar-refractivity contribution in [1.82, 2.24) is 15.3 Å². The van der Waals surface area contributed by atoms with Gasteiger partial charge >= 0.3 is 5.97 Å². The Bertz CT molecular complexity index is 1760. The van der Waals surface area contributed by atoms with E-state index in [-0.39, 0.29) is 44.1 Å². The van der Waals surface area contributed by atoms with Crippen LogP contribution in [-0.2, 0) is 25.8 Å². The number of hydrogen-bond donors (Lipinski definition) is 7. The van der Waals surface area contributed by atoms with Gasteiger partial charge in [-0.25, -0.2) is 14.1 Å². The second-order valence-corrected chi connectivity index (χ2v) is 13.4. The number of amides is 1. The minimum Gasteiger partial charge on any atom is -0.463 e. The number of nitrogens with one attached hydrogen (secondary N) is 1. The lowest BCUT2D eigenvalue weighted by Crippen LogP contribution is -2.35. The highest BCUT2D eigenvalue weighted by Gasteiger charge is 2.31. The number of rotatable bonds is 23. The van der Waals surface area contributed by atoms with Crippen LogP contribution in [0.2, 0.25) is 0 Å². The zero-order valence-corrected chi connectivity index (χ0v) is 32.0. The van der Waals surface area contributed by atoms with Gasteiger partial charge in [-0.2, -0.15) is 0 Å². The summed E-state index contributed by atoms with van der Waals surface area (Å²) in [5.41, 5.74) is 4.31. The first kappa shape index (κ1) is 45.8. The van der Waals surface area contributed by atoms with E-state index in [1.54, 1.807) is 49.4 Å². The summed E-state index contributed by atoms with van der Waals surface area (Å²) < 4.78 is 21.3. The summed E-state index contributed by atoms with van der Waals surface area (Å²) in [5, 5.41) is 59.9. The Morgan fingerprint density at radius 1 is 0.911 bits per heavy atom. The van der Waals surface area contributed by atoms with E-state index in [4.69, 9.17) is 35.2 Å². The molecule has 0 spiro atoms. The van der Waals surface area contributed by atoms with Gasteiger partial charge in [0.25, 0.3) is 5.91 Å². The summed E-state index contributed by atoms with van der Waals surface area (Å²) >= 11 is 0. The monoisotopic (exact) mass is 784 g/mol. The maximum atomic E-state index is 14.3. The molecule has 1 heterocycles. The van der Waals surface area contributed by atoms with Crippen molar-refractivity contribution in [3.63, 3.8) is 0 Å². The van der Waals surface area contributed by atoms with Crippen LogP contribution in [0, 0.1) is 5.82 Å². The highest BCUT2D eigenvalue weighted by molar-refractivity contribution is 6.10. The molecule has 2 aromatic carbocycles. The van der Waals surface area contributed by atoms with Gasteiger partial charge in [-0.3, -0.25) is 30.4 Å². The van der Waals surface area contributed by atoms with Crippen molar-refractivity contribution in [2.24, 2.45) is 0 Å². The van der Waals surface area contributed by atoms with Gasteiger partial charge in [-0.05, 0) is 79.6 Å². The Morgan fingerprint density at radius 2 is 1.55 bits per heavy atom. The number of para-hydroxylation sites is 1. The van der Waals surface area contributed by atoms with Crippen LogP contribution in [0.4, 0.5) is 10.1 Å². The normalized spacial score (nSPS) is 14.4. The van der Waals surface area contributed by atoms with Gasteiger partial charge in [-0.1, -0.05) is 69.9 Å². The minimum atomic E-state index is -1.33. The summed E-state index contributed by atoms with van der Waals surface area (Å²) in [7, 11) is 0. The molecule has 3 rings (SSSR count). The standard InChI is InChI=1S/C40H53FN4O11/c1-6-8-10-13-27(5)36-37(40(49)42-30-14-11-9-12-15-30)38(26(3)4)43(39(36)28-16-18-29(41)19-17-28)21-20-31(46)22-32(47)23-35(48)54-25-34(56-45(52)53)24-33(7-2)55-44(50)51/h6,8-19,26,31-34,46-47,50-53H,1,7,20-25H2,2-5H3,(H,42,49)/b10-8-,27-13+. The Kier molecular flexibility index (Phi) is 18.7. The Balaban J connectivity index is 1.90. The first-order valence-corrected chi connectivity index (χ1v) is 18.2. The lowest BCUT2D eigenvalue weighted by molar-refractivity contribution is -0.517. The first-order valence-electron chi connectivity index (χ1n) is 18.2. The van der Waals surface area contributed by atoms with Crippen molar-refractivity contribution in [3.8, 4) is 11.3 Å². The van der Waals surface area contributed by atoms with Crippen molar-refractivity contribution >= 4 is 23.1 Å². The summed E-state index contributed by atoms with van der Waals surface area (Å²) in [6.07, 6.45) is 2.00. The number of hydrogen-bond acceptors (Lipinski definition) is 13. The number of carbonyl (C=O) groups is 2. The number of nitrogens with zero attached hydrogens (tertiary/aromatic N) is 3. The van der Waals surface area contributed by atoms with Crippen LogP contribution in [0.5, 0.6) is 0 Å². The molecule has 0 radical (unpaired) electrons. The molecule has 4 unspecified atom stereocenters. The van der Waals surface area contributed by atoms with E-state index in [9.17, 15) is 24.2 Å². The molecule has 7 N–H and O–H groups in total.